The number of amides is 1. The van der Waals surface area contributed by atoms with Gasteiger partial charge >= 0.3 is 0 Å². The fraction of sp³-hybridized carbons (Fsp3) is 0.414. The van der Waals surface area contributed by atoms with Crippen molar-refractivity contribution >= 4 is 22.4 Å². The number of hydrogen-bond donors (Lipinski definition) is 1. The lowest BCUT2D eigenvalue weighted by Gasteiger charge is -2.40. The fourth-order valence-electron chi connectivity index (χ4n) is 6.61. The maximum atomic E-state index is 13.6. The van der Waals surface area contributed by atoms with E-state index in [1.807, 2.05) is 29.2 Å². The Morgan fingerprint density at radius 2 is 1.73 bits per heavy atom. The second kappa shape index (κ2) is 7.68. The molecule has 2 heterocycles. The van der Waals surface area contributed by atoms with Gasteiger partial charge in [-0.2, -0.15) is 0 Å². The minimum Gasteiger partial charge on any atom is -0.375 e. The van der Waals surface area contributed by atoms with Gasteiger partial charge in [0.15, 0.2) is 5.60 Å². The van der Waals surface area contributed by atoms with Gasteiger partial charge in [-0.05, 0) is 59.6 Å². The molecule has 4 nitrogen and oxygen atoms in total. The van der Waals surface area contributed by atoms with Crippen molar-refractivity contribution in [1.82, 2.24) is 4.90 Å². The third-order valence-corrected chi connectivity index (χ3v) is 7.99. The average Bonchev–Trinajstić information content (AvgIpc) is 3.29. The Kier molecular flexibility index (Phi) is 4.86. The van der Waals surface area contributed by atoms with Crippen LogP contribution in [0, 0.1) is 5.92 Å². The van der Waals surface area contributed by atoms with Crippen molar-refractivity contribution in [2.45, 2.75) is 57.2 Å². The van der Waals surface area contributed by atoms with E-state index in [2.05, 4.69) is 55.1 Å². The third-order valence-electron chi connectivity index (χ3n) is 7.99. The highest BCUT2D eigenvalue weighted by Gasteiger charge is 2.52. The van der Waals surface area contributed by atoms with Gasteiger partial charge in [0.05, 0.1) is 5.69 Å². The first-order valence-electron chi connectivity index (χ1n) is 12.4. The molecular formula is C29H32N2O2. The number of benzene rings is 3. The first-order valence-corrected chi connectivity index (χ1v) is 12.4. The Bertz CT molecular complexity index is 1220. The van der Waals surface area contributed by atoms with Crippen LogP contribution in [0.15, 0.2) is 60.7 Å². The molecule has 6 rings (SSSR count). The molecule has 0 saturated carbocycles. The number of hydrogen-bond acceptors (Lipinski definition) is 3. The van der Waals surface area contributed by atoms with Crippen molar-refractivity contribution in [2.75, 3.05) is 18.0 Å². The number of piperidine rings is 1. The van der Waals surface area contributed by atoms with Crippen molar-refractivity contribution in [2.24, 2.45) is 5.92 Å². The standard InChI is InChI=1S/C29H32N2O2/c1-19(2)18-29(33)24-11-3-4-12-25(24)31(28(29)32)22-13-15-30(16-14-22)26-17-21-9-5-7-20-8-6-10-23(26)27(20)21/h3-12,19,22,26,33H,13-18H2,1-2H3. The fourth-order valence-corrected chi connectivity index (χ4v) is 6.61. The summed E-state index contributed by atoms with van der Waals surface area (Å²) in [5, 5.41) is 14.3. The summed E-state index contributed by atoms with van der Waals surface area (Å²) < 4.78 is 0. The topological polar surface area (TPSA) is 43.8 Å². The number of anilines is 1. The largest absolute Gasteiger partial charge is 0.375 e. The van der Waals surface area contributed by atoms with Crippen LogP contribution in [0.3, 0.4) is 0 Å². The maximum absolute atomic E-state index is 13.6. The molecule has 1 aliphatic carbocycles. The van der Waals surface area contributed by atoms with Crippen LogP contribution in [0.4, 0.5) is 5.69 Å². The second-order valence-electron chi connectivity index (χ2n) is 10.5. The lowest BCUT2D eigenvalue weighted by molar-refractivity contribution is -0.138. The quantitative estimate of drug-likeness (QED) is 0.608. The number of carbonyl (C=O) groups is 1. The molecule has 1 amide bonds. The van der Waals surface area contributed by atoms with Crippen LogP contribution in [0.25, 0.3) is 10.8 Å². The summed E-state index contributed by atoms with van der Waals surface area (Å²) >= 11 is 0. The summed E-state index contributed by atoms with van der Waals surface area (Å²) in [4.78, 5) is 18.1. The Morgan fingerprint density at radius 1 is 1.00 bits per heavy atom. The zero-order valence-corrected chi connectivity index (χ0v) is 19.5. The molecule has 3 aromatic rings. The summed E-state index contributed by atoms with van der Waals surface area (Å²) in [5.41, 5.74) is 3.20. The minimum absolute atomic E-state index is 0.131. The Morgan fingerprint density at radius 3 is 2.48 bits per heavy atom. The van der Waals surface area contributed by atoms with Crippen LogP contribution in [-0.4, -0.2) is 35.0 Å². The molecule has 0 aromatic heterocycles. The molecule has 0 radical (unpaired) electrons. The first-order chi connectivity index (χ1) is 16.0. The Balaban J connectivity index is 1.23. The molecule has 1 fully saturated rings. The molecule has 0 bridgehead atoms. The molecule has 2 aliphatic heterocycles. The van der Waals surface area contributed by atoms with Crippen molar-refractivity contribution < 1.29 is 9.90 Å². The molecule has 4 heteroatoms. The van der Waals surface area contributed by atoms with Gasteiger partial charge in [0.25, 0.3) is 5.91 Å². The van der Waals surface area contributed by atoms with Gasteiger partial charge in [0, 0.05) is 30.7 Å². The number of para-hydroxylation sites is 1. The van der Waals surface area contributed by atoms with E-state index in [0.29, 0.717) is 12.5 Å². The lowest BCUT2D eigenvalue weighted by Crippen LogP contribution is -2.50. The molecule has 3 aromatic carbocycles. The van der Waals surface area contributed by atoms with Crippen LogP contribution in [-0.2, 0) is 16.8 Å². The predicted molar refractivity (Wildman–Crippen MR) is 132 cm³/mol. The van der Waals surface area contributed by atoms with E-state index in [9.17, 15) is 9.90 Å². The lowest BCUT2D eigenvalue weighted by atomic mass is 9.87. The Labute approximate surface area is 195 Å². The van der Waals surface area contributed by atoms with Gasteiger partial charge < -0.3 is 10.0 Å². The number of rotatable bonds is 4. The van der Waals surface area contributed by atoms with Crippen LogP contribution in [0.1, 0.15) is 55.8 Å². The molecule has 170 valence electrons. The van der Waals surface area contributed by atoms with Gasteiger partial charge in [-0.3, -0.25) is 9.69 Å². The van der Waals surface area contributed by atoms with Crippen molar-refractivity contribution in [3.8, 4) is 0 Å². The molecule has 1 saturated heterocycles. The van der Waals surface area contributed by atoms with Gasteiger partial charge in [-0.1, -0.05) is 68.4 Å². The molecule has 2 unspecified atom stereocenters. The SMILES string of the molecule is CC(C)CC1(O)C(=O)N(C2CCN(C3Cc4cccc5cccc3c45)CC2)c2ccccc21. The van der Waals surface area contributed by atoms with Crippen LogP contribution in [0.5, 0.6) is 0 Å². The van der Waals surface area contributed by atoms with Crippen LogP contribution in [0.2, 0.25) is 0 Å². The van der Waals surface area contributed by atoms with Crippen LogP contribution >= 0.6 is 0 Å². The molecule has 2 atom stereocenters. The molecule has 1 N–H and O–H groups in total. The van der Waals surface area contributed by atoms with Crippen LogP contribution < -0.4 is 4.90 Å². The summed E-state index contributed by atoms with van der Waals surface area (Å²) in [7, 11) is 0. The summed E-state index contributed by atoms with van der Waals surface area (Å²) in [6.45, 7) is 6.06. The highest BCUT2D eigenvalue weighted by atomic mass is 16.3. The monoisotopic (exact) mass is 440 g/mol. The highest BCUT2D eigenvalue weighted by molar-refractivity contribution is 6.07. The number of nitrogens with zero attached hydrogens (tertiary/aromatic N) is 2. The molecule has 33 heavy (non-hydrogen) atoms. The van der Waals surface area contributed by atoms with E-state index in [1.54, 1.807) is 0 Å². The number of likely N-dealkylation sites (tertiary alicyclic amines) is 1. The smallest absolute Gasteiger partial charge is 0.263 e. The van der Waals surface area contributed by atoms with E-state index < -0.39 is 5.60 Å². The zero-order chi connectivity index (χ0) is 22.7. The summed E-state index contributed by atoms with van der Waals surface area (Å²) in [6, 6.07) is 21.8. The van der Waals surface area contributed by atoms with Gasteiger partial charge in [-0.25, -0.2) is 0 Å². The van der Waals surface area contributed by atoms with E-state index in [0.717, 1.165) is 43.6 Å². The number of fused-ring (bicyclic) bond motifs is 1. The average molecular weight is 441 g/mol. The van der Waals surface area contributed by atoms with Crippen molar-refractivity contribution in [3.63, 3.8) is 0 Å². The minimum atomic E-state index is -1.40. The third kappa shape index (κ3) is 3.15. The predicted octanol–water partition coefficient (Wildman–Crippen LogP) is 5.18. The zero-order valence-electron chi connectivity index (χ0n) is 19.5. The van der Waals surface area contributed by atoms with Gasteiger partial charge in [-0.15, -0.1) is 0 Å². The molecule has 3 aliphatic rings. The molecular weight excluding hydrogens is 408 g/mol. The van der Waals surface area contributed by atoms with Gasteiger partial charge in [0.2, 0.25) is 0 Å². The first kappa shape index (κ1) is 20.9. The Hall–Kier alpha value is -2.69. The normalized spacial score (nSPS) is 25.4. The van der Waals surface area contributed by atoms with E-state index in [-0.39, 0.29) is 17.9 Å². The number of carbonyl (C=O) groups excluding carboxylic acids is 1. The van der Waals surface area contributed by atoms with E-state index >= 15 is 0 Å². The maximum Gasteiger partial charge on any atom is 0.263 e. The van der Waals surface area contributed by atoms with Gasteiger partial charge in [0.1, 0.15) is 0 Å². The summed E-state index contributed by atoms with van der Waals surface area (Å²) in [5.74, 6) is 0.106. The summed E-state index contributed by atoms with van der Waals surface area (Å²) in [6.07, 6.45) is 3.39. The second-order valence-corrected chi connectivity index (χ2v) is 10.5. The number of aliphatic hydroxyl groups is 1. The molecule has 0 spiro atoms. The van der Waals surface area contributed by atoms with E-state index in [4.69, 9.17) is 0 Å². The van der Waals surface area contributed by atoms with Crippen molar-refractivity contribution in [3.05, 3.63) is 77.4 Å². The highest BCUT2D eigenvalue weighted by Crippen LogP contribution is 2.47. The van der Waals surface area contributed by atoms with E-state index in [1.165, 1.54) is 21.9 Å². The van der Waals surface area contributed by atoms with Crippen molar-refractivity contribution in [1.29, 1.82) is 0 Å².